The first-order valence-electron chi connectivity index (χ1n) is 6.96. The van der Waals surface area contributed by atoms with Gasteiger partial charge in [-0.25, -0.2) is 9.18 Å². The SMILES string of the molecule is CC1=C(C(=O)OC(C)C)C(c2cc(Br)ccc2F)CC(=O)N1. The van der Waals surface area contributed by atoms with E-state index in [4.69, 9.17) is 4.74 Å². The van der Waals surface area contributed by atoms with Crippen LogP contribution in [0.2, 0.25) is 0 Å². The van der Waals surface area contributed by atoms with Crippen molar-refractivity contribution in [3.8, 4) is 0 Å². The van der Waals surface area contributed by atoms with Crippen molar-refractivity contribution in [1.82, 2.24) is 5.32 Å². The lowest BCUT2D eigenvalue weighted by Crippen LogP contribution is -2.35. The fourth-order valence-corrected chi connectivity index (χ4v) is 2.88. The Labute approximate surface area is 136 Å². The Kier molecular flexibility index (Phi) is 5.01. The molecule has 1 unspecified atom stereocenters. The molecule has 118 valence electrons. The Balaban J connectivity index is 2.50. The van der Waals surface area contributed by atoms with Gasteiger partial charge in [-0.05, 0) is 44.5 Å². The number of nitrogens with one attached hydrogen (secondary N) is 1. The predicted octanol–water partition coefficient (Wildman–Crippen LogP) is 3.42. The first kappa shape index (κ1) is 16.7. The van der Waals surface area contributed by atoms with Gasteiger partial charge in [0.15, 0.2) is 0 Å². The third kappa shape index (κ3) is 3.55. The normalized spacial score (nSPS) is 18.5. The minimum Gasteiger partial charge on any atom is -0.460 e. The van der Waals surface area contributed by atoms with Gasteiger partial charge in [-0.3, -0.25) is 4.79 Å². The summed E-state index contributed by atoms with van der Waals surface area (Å²) in [6.07, 6.45) is -0.286. The zero-order chi connectivity index (χ0) is 16.4. The van der Waals surface area contributed by atoms with E-state index in [2.05, 4.69) is 21.2 Å². The van der Waals surface area contributed by atoms with Crippen LogP contribution in [0.4, 0.5) is 4.39 Å². The second-order valence-corrected chi connectivity index (χ2v) is 6.38. The zero-order valence-corrected chi connectivity index (χ0v) is 14.2. The molecule has 0 saturated carbocycles. The monoisotopic (exact) mass is 369 g/mol. The second-order valence-electron chi connectivity index (χ2n) is 5.46. The van der Waals surface area contributed by atoms with E-state index < -0.39 is 17.7 Å². The molecule has 1 heterocycles. The van der Waals surface area contributed by atoms with Gasteiger partial charge >= 0.3 is 5.97 Å². The van der Waals surface area contributed by atoms with Gasteiger partial charge in [0.2, 0.25) is 5.91 Å². The molecule has 4 nitrogen and oxygen atoms in total. The van der Waals surface area contributed by atoms with Crippen LogP contribution in [0.1, 0.15) is 38.7 Å². The van der Waals surface area contributed by atoms with Crippen LogP contribution in [0.3, 0.4) is 0 Å². The van der Waals surface area contributed by atoms with E-state index in [1.165, 1.54) is 6.07 Å². The van der Waals surface area contributed by atoms with Crippen molar-refractivity contribution >= 4 is 27.8 Å². The summed E-state index contributed by atoms with van der Waals surface area (Å²) in [7, 11) is 0. The summed E-state index contributed by atoms with van der Waals surface area (Å²) >= 11 is 3.29. The van der Waals surface area contributed by atoms with E-state index >= 15 is 0 Å². The van der Waals surface area contributed by atoms with E-state index in [1.807, 2.05) is 0 Å². The molecule has 22 heavy (non-hydrogen) atoms. The van der Waals surface area contributed by atoms with Crippen LogP contribution in [0.5, 0.6) is 0 Å². The number of hydrogen-bond donors (Lipinski definition) is 1. The van der Waals surface area contributed by atoms with E-state index in [0.29, 0.717) is 21.3 Å². The lowest BCUT2D eigenvalue weighted by Gasteiger charge is -2.27. The first-order chi connectivity index (χ1) is 10.3. The first-order valence-corrected chi connectivity index (χ1v) is 7.75. The highest BCUT2D eigenvalue weighted by Crippen LogP contribution is 2.36. The Morgan fingerprint density at radius 3 is 2.77 bits per heavy atom. The summed E-state index contributed by atoms with van der Waals surface area (Å²) in [5.41, 5.74) is 1.01. The third-order valence-electron chi connectivity index (χ3n) is 3.37. The number of rotatable bonds is 3. The molecular formula is C16H17BrFNO3. The topological polar surface area (TPSA) is 55.4 Å². The van der Waals surface area contributed by atoms with Crippen molar-refractivity contribution in [3.05, 3.63) is 45.3 Å². The van der Waals surface area contributed by atoms with Gasteiger partial charge in [0, 0.05) is 22.5 Å². The molecule has 1 aromatic rings. The molecule has 6 heteroatoms. The molecule has 1 aliphatic heterocycles. The van der Waals surface area contributed by atoms with Crippen LogP contribution in [0.25, 0.3) is 0 Å². The van der Waals surface area contributed by atoms with Crippen molar-refractivity contribution in [2.24, 2.45) is 0 Å². The molecule has 1 amide bonds. The molecular weight excluding hydrogens is 353 g/mol. The zero-order valence-electron chi connectivity index (χ0n) is 12.6. The number of allylic oxidation sites excluding steroid dienone is 1. The van der Waals surface area contributed by atoms with Crippen LogP contribution in [-0.4, -0.2) is 18.0 Å². The van der Waals surface area contributed by atoms with E-state index in [-0.39, 0.29) is 18.4 Å². The Bertz CT molecular complexity index is 655. The summed E-state index contributed by atoms with van der Waals surface area (Å²) in [5.74, 6) is -1.89. The molecule has 1 aromatic carbocycles. The summed E-state index contributed by atoms with van der Waals surface area (Å²) in [6.45, 7) is 5.10. The van der Waals surface area contributed by atoms with Crippen molar-refractivity contribution in [2.45, 2.75) is 39.2 Å². The van der Waals surface area contributed by atoms with Gasteiger partial charge in [-0.1, -0.05) is 15.9 Å². The van der Waals surface area contributed by atoms with Gasteiger partial charge in [0.05, 0.1) is 11.7 Å². The number of benzene rings is 1. The minimum absolute atomic E-state index is 0.00718. The summed E-state index contributed by atoms with van der Waals surface area (Å²) in [5, 5.41) is 2.62. The molecule has 0 saturated heterocycles. The van der Waals surface area contributed by atoms with Crippen LogP contribution in [-0.2, 0) is 14.3 Å². The molecule has 0 radical (unpaired) electrons. The summed E-state index contributed by atoms with van der Waals surface area (Å²) in [6, 6.07) is 4.48. The third-order valence-corrected chi connectivity index (χ3v) is 3.86. The fourth-order valence-electron chi connectivity index (χ4n) is 2.50. The maximum absolute atomic E-state index is 14.2. The number of esters is 1. The lowest BCUT2D eigenvalue weighted by atomic mass is 9.84. The Morgan fingerprint density at radius 2 is 2.14 bits per heavy atom. The van der Waals surface area contributed by atoms with Crippen LogP contribution in [0, 0.1) is 5.82 Å². The van der Waals surface area contributed by atoms with Gasteiger partial charge in [-0.15, -0.1) is 0 Å². The second kappa shape index (κ2) is 6.60. The van der Waals surface area contributed by atoms with Crippen LogP contribution >= 0.6 is 15.9 Å². The van der Waals surface area contributed by atoms with Gasteiger partial charge in [-0.2, -0.15) is 0 Å². The van der Waals surface area contributed by atoms with Crippen molar-refractivity contribution in [1.29, 1.82) is 0 Å². The summed E-state index contributed by atoms with van der Waals surface area (Å²) < 4.78 is 20.1. The average Bonchev–Trinajstić information content (AvgIpc) is 2.39. The number of amides is 1. The van der Waals surface area contributed by atoms with E-state index in [9.17, 15) is 14.0 Å². The standard InChI is InChI=1S/C16H17BrFNO3/c1-8(2)22-16(21)15-9(3)19-14(20)7-12(15)11-6-10(17)4-5-13(11)18/h4-6,8,12H,7H2,1-3H3,(H,19,20). The van der Waals surface area contributed by atoms with Crippen LogP contribution in [0.15, 0.2) is 33.9 Å². The molecule has 0 aromatic heterocycles. The Morgan fingerprint density at radius 1 is 1.45 bits per heavy atom. The lowest BCUT2D eigenvalue weighted by molar-refractivity contribution is -0.143. The number of carbonyl (C=O) groups excluding carboxylic acids is 2. The largest absolute Gasteiger partial charge is 0.460 e. The molecule has 1 aliphatic rings. The van der Waals surface area contributed by atoms with Gasteiger partial charge < -0.3 is 10.1 Å². The van der Waals surface area contributed by atoms with Gasteiger partial charge in [0.25, 0.3) is 0 Å². The number of carbonyl (C=O) groups is 2. The van der Waals surface area contributed by atoms with Gasteiger partial charge in [0.1, 0.15) is 5.82 Å². The highest BCUT2D eigenvalue weighted by molar-refractivity contribution is 9.10. The molecule has 2 rings (SSSR count). The summed E-state index contributed by atoms with van der Waals surface area (Å²) in [4.78, 5) is 24.2. The number of ether oxygens (including phenoxy) is 1. The highest BCUT2D eigenvalue weighted by atomic mass is 79.9. The van der Waals surface area contributed by atoms with Crippen molar-refractivity contribution in [3.63, 3.8) is 0 Å². The average molecular weight is 370 g/mol. The maximum atomic E-state index is 14.2. The minimum atomic E-state index is -0.655. The highest BCUT2D eigenvalue weighted by Gasteiger charge is 2.34. The van der Waals surface area contributed by atoms with Crippen LogP contribution < -0.4 is 5.32 Å². The predicted molar refractivity (Wildman–Crippen MR) is 83.5 cm³/mol. The molecule has 0 aliphatic carbocycles. The Hall–Kier alpha value is -1.69. The van der Waals surface area contributed by atoms with E-state index in [0.717, 1.165) is 0 Å². The quantitative estimate of drug-likeness (QED) is 0.830. The molecule has 0 spiro atoms. The molecule has 1 N–H and O–H groups in total. The van der Waals surface area contributed by atoms with Crippen molar-refractivity contribution < 1.29 is 18.7 Å². The van der Waals surface area contributed by atoms with Crippen molar-refractivity contribution in [2.75, 3.05) is 0 Å². The smallest absolute Gasteiger partial charge is 0.336 e. The molecule has 0 fully saturated rings. The number of halogens is 2. The fraction of sp³-hybridized carbons (Fsp3) is 0.375. The number of hydrogen-bond acceptors (Lipinski definition) is 3. The maximum Gasteiger partial charge on any atom is 0.336 e. The molecule has 0 bridgehead atoms. The molecule has 1 atom stereocenters. The van der Waals surface area contributed by atoms with E-state index in [1.54, 1.807) is 32.9 Å².